The fourth-order valence-electron chi connectivity index (χ4n) is 1.93. The molecular formula is C18H18ClN3O. The van der Waals surface area contributed by atoms with Gasteiger partial charge in [0, 0.05) is 11.9 Å². The minimum absolute atomic E-state index is 0.153. The second kappa shape index (κ2) is 7.70. The van der Waals surface area contributed by atoms with Gasteiger partial charge in [-0.15, -0.1) is 0 Å². The van der Waals surface area contributed by atoms with E-state index in [2.05, 4.69) is 15.5 Å². The summed E-state index contributed by atoms with van der Waals surface area (Å²) in [7, 11) is 0. The van der Waals surface area contributed by atoms with Gasteiger partial charge in [-0.1, -0.05) is 29.3 Å². The number of nitrogens with zero attached hydrogens (tertiary/aromatic N) is 2. The number of carbonyl (C=O) groups excluding carboxylic acids is 1. The molecule has 0 radical (unpaired) electrons. The van der Waals surface area contributed by atoms with E-state index in [-0.39, 0.29) is 5.78 Å². The first kappa shape index (κ1) is 16.9. The van der Waals surface area contributed by atoms with Crippen LogP contribution in [0.4, 0.5) is 11.4 Å². The van der Waals surface area contributed by atoms with Crippen molar-refractivity contribution in [1.82, 2.24) is 0 Å². The summed E-state index contributed by atoms with van der Waals surface area (Å²) in [5.41, 5.74) is 6.40. The predicted octanol–water partition coefficient (Wildman–Crippen LogP) is 4.80. The van der Waals surface area contributed by atoms with Gasteiger partial charge in [0.05, 0.1) is 17.1 Å². The van der Waals surface area contributed by atoms with Gasteiger partial charge in [-0.3, -0.25) is 15.2 Å². The molecule has 2 rings (SSSR count). The van der Waals surface area contributed by atoms with Crippen LogP contribution < -0.4 is 5.43 Å². The Morgan fingerprint density at radius 3 is 2.17 bits per heavy atom. The molecule has 0 aliphatic rings. The van der Waals surface area contributed by atoms with Crippen molar-refractivity contribution in [2.75, 3.05) is 5.43 Å². The Labute approximate surface area is 140 Å². The Bertz CT molecular complexity index is 747. The maximum Gasteiger partial charge on any atom is 0.181 e. The average Bonchev–Trinajstić information content (AvgIpc) is 2.51. The topological polar surface area (TPSA) is 53.8 Å². The van der Waals surface area contributed by atoms with Crippen LogP contribution in [0.3, 0.4) is 0 Å². The number of aliphatic imine (C=N–C) groups is 1. The second-order valence-electron chi connectivity index (χ2n) is 5.17. The molecule has 0 amide bonds. The maximum absolute atomic E-state index is 11.8. The summed E-state index contributed by atoms with van der Waals surface area (Å²) in [6.07, 6.45) is 0. The number of hydrogen-bond acceptors (Lipinski definition) is 4. The van der Waals surface area contributed by atoms with Crippen LogP contribution in [0.1, 0.15) is 19.4 Å². The largest absolute Gasteiger partial charge is 0.293 e. The average molecular weight is 328 g/mol. The monoisotopic (exact) mass is 327 g/mol. The highest BCUT2D eigenvalue weighted by molar-refractivity contribution is 6.66. The van der Waals surface area contributed by atoms with E-state index in [0.29, 0.717) is 16.4 Å². The van der Waals surface area contributed by atoms with Gasteiger partial charge in [0.15, 0.2) is 5.78 Å². The number of nitrogens with one attached hydrogen (secondary N) is 1. The predicted molar refractivity (Wildman–Crippen MR) is 97.1 cm³/mol. The number of Topliss-reactive ketones (excluding diaryl/α,β-unsaturated/α-hetero) is 1. The standard InChI is InChI=1S/C18H18ClN3O/c1-12-4-8-16(9-5-12)20-13(2)18(14(3)23)22-21-17-10-6-15(19)7-11-17/h4-11,21H,1-3H3/b20-13?,22-18-. The molecule has 0 atom stereocenters. The zero-order valence-corrected chi connectivity index (χ0v) is 14.1. The first-order valence-corrected chi connectivity index (χ1v) is 7.56. The molecule has 0 fully saturated rings. The number of ketones is 1. The van der Waals surface area contributed by atoms with E-state index in [1.165, 1.54) is 6.92 Å². The van der Waals surface area contributed by atoms with Crippen LogP contribution >= 0.6 is 11.6 Å². The van der Waals surface area contributed by atoms with Crippen LogP contribution in [0, 0.1) is 6.92 Å². The van der Waals surface area contributed by atoms with Crippen molar-refractivity contribution in [1.29, 1.82) is 0 Å². The van der Waals surface area contributed by atoms with Crippen molar-refractivity contribution in [2.45, 2.75) is 20.8 Å². The number of rotatable bonds is 5. The summed E-state index contributed by atoms with van der Waals surface area (Å²) in [5, 5.41) is 4.82. The van der Waals surface area contributed by atoms with E-state index in [0.717, 1.165) is 16.9 Å². The number of hydrazone groups is 1. The Morgan fingerprint density at radius 1 is 1.00 bits per heavy atom. The molecule has 0 saturated carbocycles. The number of carbonyl (C=O) groups is 1. The lowest BCUT2D eigenvalue weighted by atomic mass is 10.2. The molecule has 0 aliphatic carbocycles. The number of halogens is 1. The normalized spacial score (nSPS) is 12.2. The van der Waals surface area contributed by atoms with Crippen LogP contribution in [-0.4, -0.2) is 17.2 Å². The van der Waals surface area contributed by atoms with Crippen molar-refractivity contribution >= 4 is 40.2 Å². The van der Waals surface area contributed by atoms with E-state index in [4.69, 9.17) is 11.6 Å². The van der Waals surface area contributed by atoms with E-state index in [1.54, 1.807) is 31.2 Å². The zero-order chi connectivity index (χ0) is 16.8. The van der Waals surface area contributed by atoms with Gasteiger partial charge in [0.2, 0.25) is 0 Å². The molecule has 0 aromatic heterocycles. The fraction of sp³-hybridized carbons (Fsp3) is 0.167. The number of benzene rings is 2. The third kappa shape index (κ3) is 5.04. The summed E-state index contributed by atoms with van der Waals surface area (Å²) in [5.74, 6) is -0.153. The summed E-state index contributed by atoms with van der Waals surface area (Å²) >= 11 is 5.84. The molecule has 5 heteroatoms. The van der Waals surface area contributed by atoms with Gasteiger partial charge < -0.3 is 0 Å². The minimum Gasteiger partial charge on any atom is -0.293 e. The van der Waals surface area contributed by atoms with E-state index >= 15 is 0 Å². The number of anilines is 1. The summed E-state index contributed by atoms with van der Waals surface area (Å²) in [4.78, 5) is 16.3. The van der Waals surface area contributed by atoms with Crippen LogP contribution in [0.25, 0.3) is 0 Å². The Hall–Kier alpha value is -2.46. The summed E-state index contributed by atoms with van der Waals surface area (Å²) in [6.45, 7) is 5.25. The first-order valence-electron chi connectivity index (χ1n) is 7.18. The third-order valence-electron chi connectivity index (χ3n) is 3.15. The number of hydrogen-bond donors (Lipinski definition) is 1. The first-order chi connectivity index (χ1) is 11.0. The molecule has 0 saturated heterocycles. The zero-order valence-electron chi connectivity index (χ0n) is 13.3. The van der Waals surface area contributed by atoms with Crippen molar-refractivity contribution in [3.63, 3.8) is 0 Å². The highest BCUT2D eigenvalue weighted by Crippen LogP contribution is 2.15. The lowest BCUT2D eigenvalue weighted by Gasteiger charge is -2.05. The van der Waals surface area contributed by atoms with Crippen molar-refractivity contribution < 1.29 is 4.79 Å². The van der Waals surface area contributed by atoms with Gasteiger partial charge >= 0.3 is 0 Å². The van der Waals surface area contributed by atoms with Gasteiger partial charge in [0.25, 0.3) is 0 Å². The van der Waals surface area contributed by atoms with E-state index in [9.17, 15) is 4.79 Å². The smallest absolute Gasteiger partial charge is 0.181 e. The highest BCUT2D eigenvalue weighted by Gasteiger charge is 2.10. The molecular weight excluding hydrogens is 310 g/mol. The molecule has 0 unspecified atom stereocenters. The lowest BCUT2D eigenvalue weighted by molar-refractivity contribution is -0.110. The van der Waals surface area contributed by atoms with Gasteiger partial charge in [-0.25, -0.2) is 0 Å². The van der Waals surface area contributed by atoms with Crippen LogP contribution in [-0.2, 0) is 4.79 Å². The lowest BCUT2D eigenvalue weighted by Crippen LogP contribution is -2.20. The molecule has 2 aromatic rings. The molecule has 0 bridgehead atoms. The van der Waals surface area contributed by atoms with Crippen LogP contribution in [0.2, 0.25) is 5.02 Å². The van der Waals surface area contributed by atoms with Crippen molar-refractivity contribution in [3.8, 4) is 0 Å². The fourth-order valence-corrected chi connectivity index (χ4v) is 2.05. The molecule has 1 N–H and O–H groups in total. The molecule has 4 nitrogen and oxygen atoms in total. The minimum atomic E-state index is -0.153. The van der Waals surface area contributed by atoms with Gasteiger partial charge in [0.1, 0.15) is 5.71 Å². The van der Waals surface area contributed by atoms with Crippen molar-refractivity contribution in [2.24, 2.45) is 10.1 Å². The summed E-state index contributed by atoms with van der Waals surface area (Å²) < 4.78 is 0. The molecule has 118 valence electrons. The Morgan fingerprint density at radius 2 is 1.61 bits per heavy atom. The van der Waals surface area contributed by atoms with E-state index < -0.39 is 0 Å². The molecule has 23 heavy (non-hydrogen) atoms. The number of aryl methyl sites for hydroxylation is 1. The highest BCUT2D eigenvalue weighted by atomic mass is 35.5. The third-order valence-corrected chi connectivity index (χ3v) is 3.40. The van der Waals surface area contributed by atoms with Crippen LogP contribution in [0.15, 0.2) is 58.6 Å². The van der Waals surface area contributed by atoms with Gasteiger partial charge in [-0.05, 0) is 50.2 Å². The SMILES string of the molecule is CC(=O)/C(=N\Nc1ccc(Cl)cc1)C(C)=Nc1ccc(C)cc1. The summed E-state index contributed by atoms with van der Waals surface area (Å²) in [6, 6.07) is 14.8. The van der Waals surface area contributed by atoms with Crippen molar-refractivity contribution in [3.05, 3.63) is 59.1 Å². The van der Waals surface area contributed by atoms with E-state index in [1.807, 2.05) is 31.2 Å². The molecule has 0 aliphatic heterocycles. The second-order valence-corrected chi connectivity index (χ2v) is 5.60. The quantitative estimate of drug-likeness (QED) is 0.633. The van der Waals surface area contributed by atoms with Crippen LogP contribution in [0.5, 0.6) is 0 Å². The molecule has 2 aromatic carbocycles. The molecule has 0 heterocycles. The Balaban J connectivity index is 2.22. The van der Waals surface area contributed by atoms with Gasteiger partial charge in [-0.2, -0.15) is 5.10 Å². The Kier molecular flexibility index (Phi) is 5.66. The maximum atomic E-state index is 11.8. The molecule has 0 spiro atoms.